The predicted molar refractivity (Wildman–Crippen MR) is 64.3 cm³/mol. The van der Waals surface area contributed by atoms with Crippen LogP contribution in [0, 0.1) is 0 Å². The summed E-state index contributed by atoms with van der Waals surface area (Å²) in [5, 5.41) is 0.387. The standard InChI is InChI=1S/C12H14ClNO2/c1-3-9-7-10(12(13)14-8-9)5-6-11(15)16-4-2/h5-8H,3-4H2,1-2H3/b6-5+. The second kappa shape index (κ2) is 6.28. The van der Waals surface area contributed by atoms with Crippen molar-refractivity contribution in [2.75, 3.05) is 6.61 Å². The summed E-state index contributed by atoms with van der Waals surface area (Å²) in [7, 11) is 0. The highest BCUT2D eigenvalue weighted by Gasteiger charge is 2.01. The SMILES string of the molecule is CCOC(=O)/C=C/c1cc(CC)cnc1Cl. The molecule has 3 nitrogen and oxygen atoms in total. The summed E-state index contributed by atoms with van der Waals surface area (Å²) >= 11 is 5.90. The van der Waals surface area contributed by atoms with Gasteiger partial charge < -0.3 is 4.74 Å². The van der Waals surface area contributed by atoms with Crippen molar-refractivity contribution in [3.8, 4) is 0 Å². The molecular weight excluding hydrogens is 226 g/mol. The lowest BCUT2D eigenvalue weighted by molar-refractivity contribution is -0.137. The van der Waals surface area contributed by atoms with Crippen molar-refractivity contribution in [2.45, 2.75) is 20.3 Å². The van der Waals surface area contributed by atoms with E-state index in [0.29, 0.717) is 11.8 Å². The van der Waals surface area contributed by atoms with E-state index in [1.54, 1.807) is 19.2 Å². The minimum absolute atomic E-state index is 0.365. The van der Waals surface area contributed by atoms with Crippen LogP contribution < -0.4 is 0 Å². The predicted octanol–water partition coefficient (Wildman–Crippen LogP) is 2.87. The molecule has 0 amide bonds. The smallest absolute Gasteiger partial charge is 0.330 e. The Bertz CT molecular complexity index is 402. The topological polar surface area (TPSA) is 39.2 Å². The van der Waals surface area contributed by atoms with E-state index >= 15 is 0 Å². The molecule has 1 heterocycles. The van der Waals surface area contributed by atoms with Gasteiger partial charge in [-0.25, -0.2) is 9.78 Å². The summed E-state index contributed by atoms with van der Waals surface area (Å²) in [6.07, 6.45) is 5.58. The van der Waals surface area contributed by atoms with Gasteiger partial charge in [0.1, 0.15) is 5.15 Å². The molecule has 1 aromatic heterocycles. The number of pyridine rings is 1. The van der Waals surface area contributed by atoms with Gasteiger partial charge in [0.2, 0.25) is 0 Å². The molecule has 0 aliphatic rings. The van der Waals surface area contributed by atoms with Crippen LogP contribution in [-0.2, 0) is 16.0 Å². The average molecular weight is 240 g/mol. The second-order valence-corrected chi connectivity index (χ2v) is 3.52. The molecule has 86 valence electrons. The zero-order valence-corrected chi connectivity index (χ0v) is 10.1. The maximum Gasteiger partial charge on any atom is 0.330 e. The van der Waals surface area contributed by atoms with Gasteiger partial charge in [-0.15, -0.1) is 0 Å². The highest BCUT2D eigenvalue weighted by Crippen LogP contribution is 2.16. The van der Waals surface area contributed by atoms with Crippen molar-refractivity contribution in [1.82, 2.24) is 4.98 Å². The minimum atomic E-state index is -0.375. The summed E-state index contributed by atoms with van der Waals surface area (Å²) in [5.41, 5.74) is 1.81. The highest BCUT2D eigenvalue weighted by atomic mass is 35.5. The zero-order chi connectivity index (χ0) is 12.0. The van der Waals surface area contributed by atoms with E-state index in [2.05, 4.69) is 4.98 Å². The Morgan fingerprint density at radius 3 is 2.94 bits per heavy atom. The molecule has 1 rings (SSSR count). The number of ether oxygens (including phenoxy) is 1. The molecule has 1 aromatic rings. The number of hydrogen-bond acceptors (Lipinski definition) is 3. The fourth-order valence-corrected chi connectivity index (χ4v) is 1.34. The molecule has 0 aromatic carbocycles. The van der Waals surface area contributed by atoms with Crippen molar-refractivity contribution in [2.24, 2.45) is 0 Å². The fraction of sp³-hybridized carbons (Fsp3) is 0.333. The third-order valence-electron chi connectivity index (χ3n) is 2.02. The van der Waals surface area contributed by atoms with Crippen LogP contribution >= 0.6 is 11.6 Å². The lowest BCUT2D eigenvalue weighted by atomic mass is 10.1. The maximum absolute atomic E-state index is 11.1. The van der Waals surface area contributed by atoms with Gasteiger partial charge in [0.05, 0.1) is 6.61 Å². The molecule has 0 saturated carbocycles. The summed E-state index contributed by atoms with van der Waals surface area (Å²) in [6.45, 7) is 4.16. The molecule has 0 aliphatic carbocycles. The molecule has 0 fully saturated rings. The van der Waals surface area contributed by atoms with Gasteiger partial charge >= 0.3 is 5.97 Å². The first kappa shape index (κ1) is 12.7. The van der Waals surface area contributed by atoms with E-state index in [9.17, 15) is 4.79 Å². The molecule has 0 atom stereocenters. The number of rotatable bonds is 4. The van der Waals surface area contributed by atoms with Crippen molar-refractivity contribution in [3.63, 3.8) is 0 Å². The first-order valence-corrected chi connectivity index (χ1v) is 5.54. The van der Waals surface area contributed by atoms with Crippen molar-refractivity contribution in [3.05, 3.63) is 34.6 Å². The van der Waals surface area contributed by atoms with E-state index < -0.39 is 0 Å². The van der Waals surface area contributed by atoms with Gasteiger partial charge in [-0.3, -0.25) is 0 Å². The summed E-state index contributed by atoms with van der Waals surface area (Å²) in [6, 6.07) is 1.91. The maximum atomic E-state index is 11.1. The molecule has 0 aliphatic heterocycles. The van der Waals surface area contributed by atoms with E-state index in [-0.39, 0.29) is 5.97 Å². The quantitative estimate of drug-likeness (QED) is 0.461. The Balaban J connectivity index is 2.83. The van der Waals surface area contributed by atoms with Gasteiger partial charge in [-0.2, -0.15) is 0 Å². The Hall–Kier alpha value is -1.35. The Morgan fingerprint density at radius 1 is 1.56 bits per heavy atom. The number of nitrogens with zero attached hydrogens (tertiary/aromatic N) is 1. The Morgan fingerprint density at radius 2 is 2.31 bits per heavy atom. The molecule has 0 bridgehead atoms. The van der Waals surface area contributed by atoms with Crippen LogP contribution in [0.25, 0.3) is 6.08 Å². The zero-order valence-electron chi connectivity index (χ0n) is 9.37. The first-order chi connectivity index (χ1) is 7.67. The van der Waals surface area contributed by atoms with Crippen LogP contribution in [0.3, 0.4) is 0 Å². The first-order valence-electron chi connectivity index (χ1n) is 5.16. The van der Waals surface area contributed by atoms with Gasteiger partial charge in [0.15, 0.2) is 0 Å². The minimum Gasteiger partial charge on any atom is -0.463 e. The Kier molecular flexibility index (Phi) is 4.99. The molecule has 4 heteroatoms. The Labute approximate surface area is 100 Å². The third-order valence-corrected chi connectivity index (χ3v) is 2.33. The monoisotopic (exact) mass is 239 g/mol. The average Bonchev–Trinajstić information content (AvgIpc) is 2.28. The fourth-order valence-electron chi connectivity index (χ4n) is 1.17. The van der Waals surface area contributed by atoms with E-state index in [0.717, 1.165) is 17.5 Å². The van der Waals surface area contributed by atoms with Crippen molar-refractivity contribution < 1.29 is 9.53 Å². The highest BCUT2D eigenvalue weighted by molar-refractivity contribution is 6.30. The van der Waals surface area contributed by atoms with Crippen LogP contribution in [0.4, 0.5) is 0 Å². The molecule has 0 spiro atoms. The van der Waals surface area contributed by atoms with Gasteiger partial charge in [0.25, 0.3) is 0 Å². The molecule has 0 unspecified atom stereocenters. The number of aryl methyl sites for hydroxylation is 1. The molecule has 0 radical (unpaired) electrons. The summed E-state index contributed by atoms with van der Waals surface area (Å²) in [4.78, 5) is 15.1. The number of carbonyl (C=O) groups is 1. The van der Waals surface area contributed by atoms with Crippen molar-refractivity contribution >= 4 is 23.6 Å². The van der Waals surface area contributed by atoms with Gasteiger partial charge in [-0.1, -0.05) is 18.5 Å². The lowest BCUT2D eigenvalue weighted by Gasteiger charge is -2.01. The van der Waals surface area contributed by atoms with Gasteiger partial charge in [-0.05, 0) is 31.1 Å². The summed E-state index contributed by atoms with van der Waals surface area (Å²) in [5.74, 6) is -0.375. The van der Waals surface area contributed by atoms with Crippen LogP contribution in [0.1, 0.15) is 25.0 Å². The molecule has 0 N–H and O–H groups in total. The molecular formula is C12H14ClNO2. The number of hydrogen-bond donors (Lipinski definition) is 0. The largest absolute Gasteiger partial charge is 0.463 e. The number of carbonyl (C=O) groups excluding carboxylic acids is 1. The second-order valence-electron chi connectivity index (χ2n) is 3.16. The summed E-state index contributed by atoms with van der Waals surface area (Å²) < 4.78 is 4.77. The number of esters is 1. The lowest BCUT2D eigenvalue weighted by Crippen LogP contribution is -1.98. The van der Waals surface area contributed by atoms with E-state index in [4.69, 9.17) is 16.3 Å². The van der Waals surface area contributed by atoms with Gasteiger partial charge in [0, 0.05) is 17.8 Å². The number of aromatic nitrogens is 1. The number of halogens is 1. The van der Waals surface area contributed by atoms with Crippen LogP contribution in [0.5, 0.6) is 0 Å². The normalized spacial score (nSPS) is 10.7. The van der Waals surface area contributed by atoms with Crippen molar-refractivity contribution in [1.29, 1.82) is 0 Å². The van der Waals surface area contributed by atoms with Crippen LogP contribution in [-0.4, -0.2) is 17.6 Å². The van der Waals surface area contributed by atoms with Crippen LogP contribution in [0.2, 0.25) is 5.15 Å². The van der Waals surface area contributed by atoms with Crippen LogP contribution in [0.15, 0.2) is 18.3 Å². The molecule has 16 heavy (non-hydrogen) atoms. The molecule has 0 saturated heterocycles. The van der Waals surface area contributed by atoms with E-state index in [1.165, 1.54) is 6.08 Å². The van der Waals surface area contributed by atoms with E-state index in [1.807, 2.05) is 13.0 Å². The third kappa shape index (κ3) is 3.66.